The second kappa shape index (κ2) is 7.85. The van der Waals surface area contributed by atoms with Crippen LogP contribution in [0.4, 0.5) is 0 Å². The highest BCUT2D eigenvalue weighted by Crippen LogP contribution is 2.02. The molecule has 0 aromatic carbocycles. The summed E-state index contributed by atoms with van der Waals surface area (Å²) in [5, 5.41) is 11.5. The number of pyridine rings is 1. The third kappa shape index (κ3) is 4.91. The number of hydrogen-bond donors (Lipinski definition) is 1. The molecule has 0 saturated carbocycles. The molecule has 1 N–H and O–H groups in total. The van der Waals surface area contributed by atoms with Gasteiger partial charge in [0, 0.05) is 12.5 Å². The van der Waals surface area contributed by atoms with Gasteiger partial charge in [0.2, 0.25) is 0 Å². The molecule has 1 aromatic heterocycles. The van der Waals surface area contributed by atoms with Gasteiger partial charge in [-0.25, -0.2) is 4.57 Å². The summed E-state index contributed by atoms with van der Waals surface area (Å²) in [6, 6.07) is 3.90. The monoisotopic (exact) mass is 221 g/mol. The summed E-state index contributed by atoms with van der Waals surface area (Å²) in [6.45, 7) is 3.27. The van der Waals surface area contributed by atoms with E-state index in [-0.39, 0.29) is 0 Å². The minimum Gasteiger partial charge on any atom is -0.411 e. The van der Waals surface area contributed by atoms with E-state index in [2.05, 4.69) is 22.8 Å². The van der Waals surface area contributed by atoms with Gasteiger partial charge in [0.05, 0.1) is 11.8 Å². The molecular weight excluding hydrogens is 200 g/mol. The average molecular weight is 221 g/mol. The number of oxime groups is 1. The van der Waals surface area contributed by atoms with E-state index in [1.807, 2.05) is 18.3 Å². The van der Waals surface area contributed by atoms with Crippen molar-refractivity contribution in [3.63, 3.8) is 0 Å². The molecule has 0 unspecified atom stereocenters. The van der Waals surface area contributed by atoms with Gasteiger partial charge in [0.1, 0.15) is 6.54 Å². The van der Waals surface area contributed by atoms with E-state index >= 15 is 0 Å². The number of nitrogens with zero attached hydrogens (tertiary/aromatic N) is 2. The Balaban J connectivity index is 2.33. The van der Waals surface area contributed by atoms with Gasteiger partial charge in [-0.05, 0) is 12.5 Å². The Hall–Kier alpha value is -1.38. The molecular formula is C13H21N2O+. The quantitative estimate of drug-likeness (QED) is 0.248. The molecule has 0 amide bonds. The van der Waals surface area contributed by atoms with Crippen molar-refractivity contribution in [2.45, 2.75) is 45.6 Å². The van der Waals surface area contributed by atoms with Crippen LogP contribution >= 0.6 is 0 Å². The molecule has 0 fully saturated rings. The molecule has 3 nitrogen and oxygen atoms in total. The van der Waals surface area contributed by atoms with Crippen LogP contribution < -0.4 is 4.57 Å². The molecule has 1 rings (SSSR count). The van der Waals surface area contributed by atoms with Crippen LogP contribution in [0.25, 0.3) is 0 Å². The first kappa shape index (κ1) is 12.7. The van der Waals surface area contributed by atoms with Crippen LogP contribution in [-0.2, 0) is 6.54 Å². The summed E-state index contributed by atoms with van der Waals surface area (Å²) in [7, 11) is 0. The van der Waals surface area contributed by atoms with E-state index in [1.54, 1.807) is 0 Å². The molecule has 0 atom stereocenters. The maximum atomic E-state index is 8.44. The lowest BCUT2D eigenvalue weighted by atomic mass is 10.1. The summed E-state index contributed by atoms with van der Waals surface area (Å²) in [4.78, 5) is 0. The van der Waals surface area contributed by atoms with Crippen LogP contribution in [0.5, 0.6) is 0 Å². The highest BCUT2D eigenvalue weighted by Gasteiger charge is 2.00. The van der Waals surface area contributed by atoms with Gasteiger partial charge in [-0.3, -0.25) is 0 Å². The van der Waals surface area contributed by atoms with Crippen LogP contribution in [0.1, 0.15) is 44.6 Å². The Bertz CT molecular complexity index is 323. The highest BCUT2D eigenvalue weighted by atomic mass is 16.4. The molecule has 3 heteroatoms. The second-order valence-corrected chi connectivity index (χ2v) is 4.03. The number of aromatic nitrogens is 1. The van der Waals surface area contributed by atoms with Crippen LogP contribution in [0, 0.1) is 0 Å². The summed E-state index contributed by atoms with van der Waals surface area (Å²) < 4.78 is 2.14. The molecule has 0 bridgehead atoms. The van der Waals surface area contributed by atoms with Gasteiger partial charge in [-0.2, -0.15) is 0 Å². The largest absolute Gasteiger partial charge is 0.411 e. The van der Waals surface area contributed by atoms with Gasteiger partial charge in [0.25, 0.3) is 0 Å². The Morgan fingerprint density at radius 2 is 2.12 bits per heavy atom. The first-order valence-electron chi connectivity index (χ1n) is 6.03. The summed E-state index contributed by atoms with van der Waals surface area (Å²) in [5.74, 6) is 0. The Labute approximate surface area is 97.4 Å². The average Bonchev–Trinajstić information content (AvgIpc) is 2.30. The lowest BCUT2D eigenvalue weighted by Gasteiger charge is -1.98. The Kier molecular flexibility index (Phi) is 6.23. The molecule has 0 spiro atoms. The normalized spacial score (nSPS) is 11.1. The summed E-state index contributed by atoms with van der Waals surface area (Å²) in [5.41, 5.74) is 0.929. The molecule has 1 aromatic rings. The fraction of sp³-hybridized carbons (Fsp3) is 0.538. The van der Waals surface area contributed by atoms with Crippen LogP contribution in [0.15, 0.2) is 29.7 Å². The third-order valence-corrected chi connectivity index (χ3v) is 2.61. The van der Waals surface area contributed by atoms with Crippen LogP contribution in [-0.4, -0.2) is 11.4 Å². The SMILES string of the molecule is CCCCCCC[n+]1cccc(C=NO)c1. The van der Waals surface area contributed by atoms with E-state index < -0.39 is 0 Å². The van der Waals surface area contributed by atoms with Crippen molar-refractivity contribution in [3.8, 4) is 0 Å². The topological polar surface area (TPSA) is 36.5 Å². The Morgan fingerprint density at radius 3 is 2.88 bits per heavy atom. The van der Waals surface area contributed by atoms with Gasteiger partial charge in [-0.15, -0.1) is 0 Å². The van der Waals surface area contributed by atoms with E-state index in [9.17, 15) is 0 Å². The molecule has 88 valence electrons. The fourth-order valence-corrected chi connectivity index (χ4v) is 1.72. The third-order valence-electron chi connectivity index (χ3n) is 2.61. The first-order chi connectivity index (χ1) is 7.86. The zero-order valence-corrected chi connectivity index (χ0v) is 9.97. The molecule has 1 heterocycles. The molecule has 0 radical (unpaired) electrons. The predicted octanol–water partition coefficient (Wildman–Crippen LogP) is 2.75. The minimum absolute atomic E-state index is 0.929. The lowest BCUT2D eigenvalue weighted by molar-refractivity contribution is -0.697. The van der Waals surface area contributed by atoms with Crippen molar-refractivity contribution in [3.05, 3.63) is 30.1 Å². The van der Waals surface area contributed by atoms with Crippen LogP contribution in [0.2, 0.25) is 0 Å². The van der Waals surface area contributed by atoms with Gasteiger partial charge in [-0.1, -0.05) is 31.3 Å². The van der Waals surface area contributed by atoms with Crippen molar-refractivity contribution in [2.24, 2.45) is 5.16 Å². The summed E-state index contributed by atoms with van der Waals surface area (Å²) in [6.07, 6.45) is 12.0. The fourth-order valence-electron chi connectivity index (χ4n) is 1.72. The van der Waals surface area contributed by atoms with E-state index in [0.717, 1.165) is 12.1 Å². The second-order valence-electron chi connectivity index (χ2n) is 4.03. The van der Waals surface area contributed by atoms with E-state index in [1.165, 1.54) is 38.3 Å². The molecule has 0 aliphatic carbocycles. The van der Waals surface area contributed by atoms with Crippen LogP contribution in [0.3, 0.4) is 0 Å². The van der Waals surface area contributed by atoms with E-state index in [0.29, 0.717) is 0 Å². The number of hydrogen-bond acceptors (Lipinski definition) is 2. The Morgan fingerprint density at radius 1 is 1.31 bits per heavy atom. The zero-order chi connectivity index (χ0) is 11.6. The molecule has 16 heavy (non-hydrogen) atoms. The van der Waals surface area contributed by atoms with Crippen molar-refractivity contribution in [1.29, 1.82) is 0 Å². The van der Waals surface area contributed by atoms with Crippen molar-refractivity contribution in [1.82, 2.24) is 0 Å². The first-order valence-corrected chi connectivity index (χ1v) is 6.03. The maximum absolute atomic E-state index is 8.44. The molecule has 0 aliphatic heterocycles. The zero-order valence-electron chi connectivity index (χ0n) is 9.97. The van der Waals surface area contributed by atoms with Gasteiger partial charge in [0.15, 0.2) is 12.4 Å². The van der Waals surface area contributed by atoms with Gasteiger partial charge < -0.3 is 5.21 Å². The number of aryl methyl sites for hydroxylation is 1. The molecule has 0 aliphatic rings. The van der Waals surface area contributed by atoms with Gasteiger partial charge >= 0.3 is 0 Å². The van der Waals surface area contributed by atoms with Crippen molar-refractivity contribution >= 4 is 6.21 Å². The maximum Gasteiger partial charge on any atom is 0.177 e. The smallest absolute Gasteiger partial charge is 0.177 e. The van der Waals surface area contributed by atoms with Crippen molar-refractivity contribution < 1.29 is 9.77 Å². The highest BCUT2D eigenvalue weighted by molar-refractivity contribution is 5.77. The minimum atomic E-state index is 0.929. The van der Waals surface area contributed by atoms with E-state index in [4.69, 9.17) is 5.21 Å². The molecule has 0 saturated heterocycles. The standard InChI is InChI=1S/C13H20N2O/c1-2-3-4-5-6-9-15-10-7-8-13(12-15)11-14-16/h7-8,10-12H,2-6,9H2,1H3/p+1. The van der Waals surface area contributed by atoms with Crippen molar-refractivity contribution in [2.75, 3.05) is 0 Å². The number of unbranched alkanes of at least 4 members (excludes halogenated alkanes) is 4. The number of rotatable bonds is 7. The predicted molar refractivity (Wildman–Crippen MR) is 64.8 cm³/mol. The lowest BCUT2D eigenvalue weighted by Crippen LogP contribution is -2.33. The summed E-state index contributed by atoms with van der Waals surface area (Å²) >= 11 is 0.